The molecule has 2 amide bonds. The average molecular weight is 298 g/mol. The van der Waals surface area contributed by atoms with E-state index in [4.69, 9.17) is 0 Å². The molecule has 20 heavy (non-hydrogen) atoms. The number of amides is 2. The molecule has 1 heterocycles. The highest BCUT2D eigenvalue weighted by molar-refractivity contribution is 5.85. The van der Waals surface area contributed by atoms with Crippen LogP contribution in [0.5, 0.6) is 0 Å². The third-order valence-corrected chi connectivity index (χ3v) is 3.14. The van der Waals surface area contributed by atoms with Crippen molar-refractivity contribution in [1.29, 1.82) is 0 Å². The second-order valence-corrected chi connectivity index (χ2v) is 4.66. The van der Waals surface area contributed by atoms with Crippen LogP contribution in [-0.4, -0.2) is 31.4 Å². The third-order valence-electron chi connectivity index (χ3n) is 3.14. The molecule has 5 nitrogen and oxygen atoms in total. The highest BCUT2D eigenvalue weighted by Crippen LogP contribution is 2.01. The van der Waals surface area contributed by atoms with Crippen LogP contribution >= 0.6 is 12.4 Å². The maximum Gasteiger partial charge on any atom is 0.225 e. The van der Waals surface area contributed by atoms with Crippen LogP contribution in [0.25, 0.3) is 0 Å². The standard InChI is InChI=1S/C14H19N3O2.ClH/c18-13(17-8-11-4-2-1-3-5-11)6-7-16-14(19)12-9-15-10-12;/h1-5,12,15H,6-10H2,(H,16,19)(H,17,18);1H. The molecule has 1 aromatic rings. The molecule has 110 valence electrons. The van der Waals surface area contributed by atoms with E-state index in [1.165, 1.54) is 0 Å². The fraction of sp³-hybridized carbons (Fsp3) is 0.429. The number of hydrogen-bond acceptors (Lipinski definition) is 3. The largest absolute Gasteiger partial charge is 0.355 e. The predicted octanol–water partition coefficient (Wildman–Crippen LogP) is 0.450. The lowest BCUT2D eigenvalue weighted by molar-refractivity contribution is -0.126. The van der Waals surface area contributed by atoms with Gasteiger partial charge < -0.3 is 16.0 Å². The summed E-state index contributed by atoms with van der Waals surface area (Å²) in [5.74, 6) is 0.0675. The number of rotatable bonds is 6. The smallest absolute Gasteiger partial charge is 0.225 e. The number of hydrogen-bond donors (Lipinski definition) is 3. The maximum absolute atomic E-state index is 11.6. The first-order valence-electron chi connectivity index (χ1n) is 6.55. The molecule has 0 spiro atoms. The summed E-state index contributed by atoms with van der Waals surface area (Å²) in [5, 5.41) is 8.64. The first-order chi connectivity index (χ1) is 9.25. The van der Waals surface area contributed by atoms with Crippen LogP contribution in [-0.2, 0) is 16.1 Å². The molecule has 2 rings (SSSR count). The SMILES string of the molecule is Cl.O=C(CCNC(=O)C1CNC1)NCc1ccccc1. The number of halogens is 1. The molecular weight excluding hydrogens is 278 g/mol. The van der Waals surface area contributed by atoms with Crippen molar-refractivity contribution >= 4 is 24.2 Å². The Bertz CT molecular complexity index is 435. The second-order valence-electron chi connectivity index (χ2n) is 4.66. The van der Waals surface area contributed by atoms with Gasteiger partial charge in [-0.25, -0.2) is 0 Å². The van der Waals surface area contributed by atoms with Crippen LogP contribution in [0.3, 0.4) is 0 Å². The van der Waals surface area contributed by atoms with Gasteiger partial charge in [0.25, 0.3) is 0 Å². The molecule has 0 unspecified atom stereocenters. The van der Waals surface area contributed by atoms with Gasteiger partial charge in [-0.1, -0.05) is 30.3 Å². The van der Waals surface area contributed by atoms with E-state index < -0.39 is 0 Å². The van der Waals surface area contributed by atoms with Gasteiger partial charge in [-0.2, -0.15) is 0 Å². The van der Waals surface area contributed by atoms with Crippen LogP contribution < -0.4 is 16.0 Å². The van der Waals surface area contributed by atoms with Crippen molar-refractivity contribution in [1.82, 2.24) is 16.0 Å². The van der Waals surface area contributed by atoms with E-state index in [1.807, 2.05) is 30.3 Å². The maximum atomic E-state index is 11.6. The monoisotopic (exact) mass is 297 g/mol. The minimum atomic E-state index is -0.0455. The van der Waals surface area contributed by atoms with Gasteiger partial charge in [-0.05, 0) is 5.56 Å². The molecule has 1 saturated heterocycles. The molecule has 0 saturated carbocycles. The van der Waals surface area contributed by atoms with Gasteiger partial charge in [0.2, 0.25) is 11.8 Å². The van der Waals surface area contributed by atoms with Crippen molar-refractivity contribution in [3.63, 3.8) is 0 Å². The Morgan fingerprint density at radius 2 is 1.85 bits per heavy atom. The van der Waals surface area contributed by atoms with Gasteiger partial charge in [0.15, 0.2) is 0 Å². The van der Waals surface area contributed by atoms with Gasteiger partial charge in [-0.3, -0.25) is 9.59 Å². The summed E-state index contributed by atoms with van der Waals surface area (Å²) in [6, 6.07) is 9.75. The Morgan fingerprint density at radius 3 is 2.45 bits per heavy atom. The van der Waals surface area contributed by atoms with Gasteiger partial charge in [-0.15, -0.1) is 12.4 Å². The second kappa shape index (κ2) is 8.55. The molecule has 1 aliphatic rings. The summed E-state index contributed by atoms with van der Waals surface area (Å²) in [5.41, 5.74) is 1.07. The average Bonchev–Trinajstić information content (AvgIpc) is 2.35. The molecule has 3 N–H and O–H groups in total. The predicted molar refractivity (Wildman–Crippen MR) is 79.5 cm³/mol. The van der Waals surface area contributed by atoms with Crippen molar-refractivity contribution in [2.75, 3.05) is 19.6 Å². The summed E-state index contributed by atoms with van der Waals surface area (Å²) in [6.45, 7) is 2.41. The van der Waals surface area contributed by atoms with E-state index in [2.05, 4.69) is 16.0 Å². The fourth-order valence-electron chi connectivity index (χ4n) is 1.80. The van der Waals surface area contributed by atoms with E-state index >= 15 is 0 Å². The Kier molecular flexibility index (Phi) is 7.04. The van der Waals surface area contributed by atoms with Gasteiger partial charge in [0, 0.05) is 32.6 Å². The summed E-state index contributed by atoms with van der Waals surface area (Å²) in [4.78, 5) is 23.1. The van der Waals surface area contributed by atoms with Crippen LogP contribution in [0, 0.1) is 5.92 Å². The lowest BCUT2D eigenvalue weighted by atomic mass is 10.0. The van der Waals surface area contributed by atoms with E-state index in [0.717, 1.165) is 18.7 Å². The van der Waals surface area contributed by atoms with E-state index in [-0.39, 0.29) is 30.1 Å². The molecular formula is C14H20ClN3O2. The Labute approximate surface area is 124 Å². The van der Waals surface area contributed by atoms with Crippen molar-refractivity contribution < 1.29 is 9.59 Å². The number of carbonyl (C=O) groups excluding carboxylic acids is 2. The van der Waals surface area contributed by atoms with Crippen LogP contribution in [0.4, 0.5) is 0 Å². The van der Waals surface area contributed by atoms with Crippen LogP contribution in [0.2, 0.25) is 0 Å². The lowest BCUT2D eigenvalue weighted by Gasteiger charge is -2.25. The zero-order chi connectivity index (χ0) is 13.5. The molecule has 0 aromatic heterocycles. The van der Waals surface area contributed by atoms with Crippen molar-refractivity contribution in [3.8, 4) is 0 Å². The van der Waals surface area contributed by atoms with Gasteiger partial charge in [0.1, 0.15) is 0 Å². The van der Waals surface area contributed by atoms with E-state index in [0.29, 0.717) is 19.5 Å². The lowest BCUT2D eigenvalue weighted by Crippen LogP contribution is -2.51. The normalized spacial score (nSPS) is 13.8. The number of carbonyl (C=O) groups is 2. The van der Waals surface area contributed by atoms with Crippen LogP contribution in [0.15, 0.2) is 30.3 Å². The first kappa shape index (κ1) is 16.5. The van der Waals surface area contributed by atoms with Gasteiger partial charge >= 0.3 is 0 Å². The Balaban J connectivity index is 0.00000200. The zero-order valence-corrected chi connectivity index (χ0v) is 12.0. The minimum Gasteiger partial charge on any atom is -0.355 e. The van der Waals surface area contributed by atoms with Gasteiger partial charge in [0.05, 0.1) is 5.92 Å². The Morgan fingerprint density at radius 1 is 1.15 bits per heavy atom. The van der Waals surface area contributed by atoms with Crippen LogP contribution in [0.1, 0.15) is 12.0 Å². The third kappa shape index (κ3) is 5.19. The van der Waals surface area contributed by atoms with E-state index in [9.17, 15) is 9.59 Å². The number of benzene rings is 1. The van der Waals surface area contributed by atoms with E-state index in [1.54, 1.807) is 0 Å². The molecule has 0 aliphatic carbocycles. The minimum absolute atomic E-state index is 0. The van der Waals surface area contributed by atoms with Crippen molar-refractivity contribution in [3.05, 3.63) is 35.9 Å². The summed E-state index contributed by atoms with van der Waals surface area (Å²) >= 11 is 0. The quantitative estimate of drug-likeness (QED) is 0.714. The topological polar surface area (TPSA) is 70.2 Å². The first-order valence-corrected chi connectivity index (χ1v) is 6.55. The Hall–Kier alpha value is -1.59. The molecule has 0 atom stereocenters. The molecule has 1 fully saturated rings. The van der Waals surface area contributed by atoms with Crippen molar-refractivity contribution in [2.24, 2.45) is 5.92 Å². The summed E-state index contributed by atoms with van der Waals surface area (Å²) < 4.78 is 0. The molecule has 0 bridgehead atoms. The summed E-state index contributed by atoms with van der Waals surface area (Å²) in [7, 11) is 0. The molecule has 1 aromatic carbocycles. The highest BCUT2D eigenvalue weighted by Gasteiger charge is 2.24. The molecule has 0 radical (unpaired) electrons. The molecule has 1 aliphatic heterocycles. The molecule has 6 heteroatoms. The fourth-order valence-corrected chi connectivity index (χ4v) is 1.80. The summed E-state index contributed by atoms with van der Waals surface area (Å²) in [6.07, 6.45) is 0.318. The zero-order valence-electron chi connectivity index (χ0n) is 11.2. The van der Waals surface area contributed by atoms with Crippen molar-refractivity contribution in [2.45, 2.75) is 13.0 Å². The number of nitrogens with one attached hydrogen (secondary N) is 3. The highest BCUT2D eigenvalue weighted by atomic mass is 35.5.